The summed E-state index contributed by atoms with van der Waals surface area (Å²) in [5.41, 5.74) is -0.475. The minimum atomic E-state index is -0.938. The third-order valence-electron chi connectivity index (χ3n) is 7.40. The highest BCUT2D eigenvalue weighted by Crippen LogP contribution is 2.66. The van der Waals surface area contributed by atoms with Crippen molar-refractivity contribution < 1.29 is 24.6 Å². The van der Waals surface area contributed by atoms with Crippen molar-refractivity contribution in [3.05, 3.63) is 12.7 Å². The molecule has 0 saturated carbocycles. The van der Waals surface area contributed by atoms with Gasteiger partial charge in [0.1, 0.15) is 6.04 Å². The quantitative estimate of drug-likeness (QED) is 0.368. The molecule has 3 rings (SSSR count). The zero-order chi connectivity index (χ0) is 24.8. The minimum absolute atomic E-state index is 0.00864. The number of carbonyl (C=O) groups excluding carboxylic acids is 2. The molecule has 2 amide bonds. The summed E-state index contributed by atoms with van der Waals surface area (Å²) in [5, 5.41) is 19.1. The van der Waals surface area contributed by atoms with Crippen molar-refractivity contribution in [2.24, 2.45) is 17.3 Å². The molecule has 5 atom stereocenters. The summed E-state index contributed by atoms with van der Waals surface area (Å²) in [4.78, 5) is 43.6. The van der Waals surface area contributed by atoms with Gasteiger partial charge in [-0.15, -0.1) is 18.3 Å². The number of nitrogens with zero attached hydrogens (tertiary/aromatic N) is 2. The summed E-state index contributed by atoms with van der Waals surface area (Å²) in [6.07, 6.45) is 5.00. The van der Waals surface area contributed by atoms with E-state index in [-0.39, 0.29) is 29.1 Å². The van der Waals surface area contributed by atoms with Gasteiger partial charge in [0.05, 0.1) is 16.6 Å². The Hall–Kier alpha value is -1.54. The van der Waals surface area contributed by atoms with E-state index in [0.29, 0.717) is 38.8 Å². The molecule has 0 aromatic carbocycles. The fourth-order valence-electron chi connectivity index (χ4n) is 6.65. The molecular weight excluding hydrogens is 440 g/mol. The Balaban J connectivity index is 2.03. The van der Waals surface area contributed by atoms with Crippen molar-refractivity contribution in [1.29, 1.82) is 0 Å². The van der Waals surface area contributed by atoms with Gasteiger partial charge >= 0.3 is 5.97 Å². The molecule has 8 heteroatoms. The molecule has 2 unspecified atom stereocenters. The number of rotatable bonds is 10. The summed E-state index contributed by atoms with van der Waals surface area (Å²) in [7, 11) is 0. The second-order valence-electron chi connectivity index (χ2n) is 11.6. The van der Waals surface area contributed by atoms with Crippen molar-refractivity contribution in [1.82, 2.24) is 9.80 Å². The van der Waals surface area contributed by atoms with E-state index >= 15 is 0 Å². The molecule has 3 aliphatic rings. The van der Waals surface area contributed by atoms with Crippen molar-refractivity contribution in [2.45, 2.75) is 88.3 Å². The van der Waals surface area contributed by atoms with Crippen LogP contribution in [0.4, 0.5) is 0 Å². The molecule has 3 fully saturated rings. The molecule has 1 spiro atoms. The lowest BCUT2D eigenvalue weighted by atomic mass is 9.71. The van der Waals surface area contributed by atoms with Crippen molar-refractivity contribution in [3.8, 4) is 0 Å². The number of carbonyl (C=O) groups is 3. The van der Waals surface area contributed by atoms with Gasteiger partial charge in [0.25, 0.3) is 0 Å². The van der Waals surface area contributed by atoms with E-state index in [1.807, 2.05) is 4.90 Å². The standard InChI is InChI=1S/C25H40N2O5S/c1-7-12-27(24(5,6)15-23(2,3)4)21(30)19-25-11-10-16(33-25)17(22(31)32)18(25)20(29)26(19)13-8-9-14-28/h7,16-19,28H,1,8-15H2,2-6H3,(H,31,32)/t16-,17+,18+,19?,25?/m1/s1. The molecule has 3 aliphatic heterocycles. The van der Waals surface area contributed by atoms with Gasteiger partial charge in [0, 0.05) is 30.5 Å². The largest absolute Gasteiger partial charge is 0.481 e. The normalized spacial score (nSPS) is 31.1. The average molecular weight is 481 g/mol. The molecule has 186 valence electrons. The summed E-state index contributed by atoms with van der Waals surface area (Å²) in [5.74, 6) is -2.67. The number of hydrogen-bond acceptors (Lipinski definition) is 5. The van der Waals surface area contributed by atoms with Crippen LogP contribution in [0.5, 0.6) is 0 Å². The molecule has 0 aromatic heterocycles. The first-order valence-corrected chi connectivity index (χ1v) is 12.9. The lowest BCUT2D eigenvalue weighted by Gasteiger charge is -2.46. The first-order valence-electron chi connectivity index (χ1n) is 12.0. The maximum absolute atomic E-state index is 14.3. The van der Waals surface area contributed by atoms with E-state index < -0.39 is 34.1 Å². The van der Waals surface area contributed by atoms with Gasteiger partial charge in [0.15, 0.2) is 0 Å². The van der Waals surface area contributed by atoms with Crippen LogP contribution in [-0.4, -0.2) is 79.1 Å². The molecule has 7 nitrogen and oxygen atoms in total. The van der Waals surface area contributed by atoms with Gasteiger partial charge < -0.3 is 20.0 Å². The number of carboxylic acids is 1. The molecular formula is C25H40N2O5S. The van der Waals surface area contributed by atoms with Crippen LogP contribution in [0.15, 0.2) is 12.7 Å². The highest BCUT2D eigenvalue weighted by Gasteiger charge is 2.74. The molecule has 2 N–H and O–H groups in total. The fourth-order valence-corrected chi connectivity index (χ4v) is 8.86. The first-order chi connectivity index (χ1) is 15.3. The summed E-state index contributed by atoms with van der Waals surface area (Å²) in [6, 6.07) is -0.688. The lowest BCUT2D eigenvalue weighted by molar-refractivity contribution is -0.149. The van der Waals surface area contributed by atoms with Crippen LogP contribution in [0.3, 0.4) is 0 Å². The number of likely N-dealkylation sites (tertiary alicyclic amines) is 1. The summed E-state index contributed by atoms with van der Waals surface area (Å²) in [6.45, 7) is 15.2. The number of unbranched alkanes of at least 4 members (excludes halogenated alkanes) is 1. The van der Waals surface area contributed by atoms with Crippen LogP contribution < -0.4 is 0 Å². The highest BCUT2D eigenvalue weighted by atomic mass is 32.2. The van der Waals surface area contributed by atoms with Crippen LogP contribution in [0.2, 0.25) is 0 Å². The molecule has 33 heavy (non-hydrogen) atoms. The zero-order valence-electron chi connectivity index (χ0n) is 20.7. The van der Waals surface area contributed by atoms with Gasteiger partial charge in [0.2, 0.25) is 11.8 Å². The van der Waals surface area contributed by atoms with Gasteiger partial charge in [-0.1, -0.05) is 26.8 Å². The van der Waals surface area contributed by atoms with E-state index in [1.165, 1.54) is 0 Å². The smallest absolute Gasteiger partial charge is 0.308 e. The summed E-state index contributed by atoms with van der Waals surface area (Å²) >= 11 is 1.56. The number of amides is 2. The number of aliphatic carboxylic acids is 1. The Morgan fingerprint density at radius 3 is 2.48 bits per heavy atom. The van der Waals surface area contributed by atoms with Crippen molar-refractivity contribution >= 4 is 29.5 Å². The van der Waals surface area contributed by atoms with Crippen LogP contribution in [-0.2, 0) is 14.4 Å². The Labute approximate surface area is 202 Å². The number of aliphatic hydroxyl groups is 1. The maximum atomic E-state index is 14.3. The van der Waals surface area contributed by atoms with Gasteiger partial charge in [-0.25, -0.2) is 0 Å². The Bertz CT molecular complexity index is 807. The van der Waals surface area contributed by atoms with Crippen LogP contribution in [0.1, 0.15) is 66.7 Å². The third-order valence-corrected chi connectivity index (χ3v) is 9.35. The fraction of sp³-hybridized carbons (Fsp3) is 0.800. The van der Waals surface area contributed by atoms with E-state index in [0.717, 1.165) is 6.42 Å². The molecule has 0 radical (unpaired) electrons. The maximum Gasteiger partial charge on any atom is 0.308 e. The van der Waals surface area contributed by atoms with Crippen LogP contribution >= 0.6 is 11.8 Å². The number of aliphatic hydroxyl groups excluding tert-OH is 1. The first kappa shape index (κ1) is 26.1. The number of fused-ring (bicyclic) bond motifs is 1. The average Bonchev–Trinajstić information content (AvgIpc) is 3.31. The SMILES string of the molecule is C=CCN(C(=O)C1N(CCCCO)C(=O)[C@@H]2[C@@H](C(=O)O)[C@H]3CCC12S3)C(C)(C)CC(C)(C)C. The molecule has 0 aliphatic carbocycles. The number of hydrogen-bond donors (Lipinski definition) is 2. The Morgan fingerprint density at radius 2 is 1.94 bits per heavy atom. The second-order valence-corrected chi connectivity index (χ2v) is 13.2. The third kappa shape index (κ3) is 4.57. The Kier molecular flexibility index (Phi) is 7.31. The van der Waals surface area contributed by atoms with Gasteiger partial charge in [-0.05, 0) is 51.4 Å². The predicted molar refractivity (Wildman–Crippen MR) is 130 cm³/mol. The van der Waals surface area contributed by atoms with Crippen LogP contribution in [0.25, 0.3) is 0 Å². The molecule has 3 heterocycles. The van der Waals surface area contributed by atoms with Crippen molar-refractivity contribution in [2.75, 3.05) is 19.7 Å². The Morgan fingerprint density at radius 1 is 1.27 bits per heavy atom. The van der Waals surface area contributed by atoms with Gasteiger partial charge in [-0.2, -0.15) is 0 Å². The van der Waals surface area contributed by atoms with E-state index in [1.54, 1.807) is 22.7 Å². The van der Waals surface area contributed by atoms with Crippen molar-refractivity contribution in [3.63, 3.8) is 0 Å². The minimum Gasteiger partial charge on any atom is -0.481 e. The second kappa shape index (κ2) is 9.25. The highest BCUT2D eigenvalue weighted by molar-refractivity contribution is 8.02. The topological polar surface area (TPSA) is 98.2 Å². The van der Waals surface area contributed by atoms with Crippen LogP contribution in [0, 0.1) is 17.3 Å². The molecule has 2 bridgehead atoms. The number of thioether (sulfide) groups is 1. The monoisotopic (exact) mass is 480 g/mol. The van der Waals surface area contributed by atoms with E-state index in [2.05, 4.69) is 41.2 Å². The number of carboxylic acid groups (broad SMARTS) is 1. The molecule has 0 aromatic rings. The summed E-state index contributed by atoms with van der Waals surface area (Å²) < 4.78 is -0.696. The lowest BCUT2D eigenvalue weighted by Crippen LogP contribution is -2.60. The van der Waals surface area contributed by atoms with E-state index in [4.69, 9.17) is 0 Å². The van der Waals surface area contributed by atoms with Gasteiger partial charge in [-0.3, -0.25) is 14.4 Å². The zero-order valence-corrected chi connectivity index (χ0v) is 21.5. The van der Waals surface area contributed by atoms with E-state index in [9.17, 15) is 24.6 Å². The predicted octanol–water partition coefficient (Wildman–Crippen LogP) is 3.16. The molecule has 3 saturated heterocycles.